The molecule has 1 aromatic heterocycles. The Bertz CT molecular complexity index is 1330. The number of aryl methyl sites for hydroxylation is 1. The minimum Gasteiger partial charge on any atom is -0.507 e. The number of benzene rings is 2. The van der Waals surface area contributed by atoms with E-state index in [0.29, 0.717) is 16.4 Å². The van der Waals surface area contributed by atoms with E-state index in [1.54, 1.807) is 24.4 Å². The first-order valence-electron chi connectivity index (χ1n) is 10.3. The minimum atomic E-state index is -4.55. The summed E-state index contributed by atoms with van der Waals surface area (Å²) in [5.41, 5.74) is 0.0215. The molecule has 2 heterocycles. The Balaban J connectivity index is 1.90. The number of rotatable bonds is 5. The highest BCUT2D eigenvalue weighted by Gasteiger charge is 2.48. The van der Waals surface area contributed by atoms with Crippen LogP contribution in [-0.2, 0) is 15.8 Å². The van der Waals surface area contributed by atoms with Gasteiger partial charge >= 0.3 is 6.18 Å². The van der Waals surface area contributed by atoms with Gasteiger partial charge in [0.1, 0.15) is 11.8 Å². The van der Waals surface area contributed by atoms with Crippen molar-refractivity contribution in [1.82, 2.24) is 0 Å². The number of thiophene rings is 1. The van der Waals surface area contributed by atoms with Gasteiger partial charge < -0.3 is 14.6 Å². The number of aliphatic hydroxyl groups is 1. The first kappa shape index (κ1) is 24.3. The van der Waals surface area contributed by atoms with Gasteiger partial charge in [-0.05, 0) is 66.4 Å². The Morgan fingerprint density at radius 2 is 1.66 bits per heavy atom. The van der Waals surface area contributed by atoms with Crippen molar-refractivity contribution < 1.29 is 37.3 Å². The van der Waals surface area contributed by atoms with E-state index in [9.17, 15) is 27.9 Å². The molecule has 1 atom stereocenters. The van der Waals surface area contributed by atoms with Crippen molar-refractivity contribution in [2.45, 2.75) is 19.1 Å². The molecule has 1 aliphatic heterocycles. The van der Waals surface area contributed by atoms with Gasteiger partial charge in [-0.3, -0.25) is 14.5 Å². The number of aliphatic hydroxyl groups excluding tert-OH is 1. The Morgan fingerprint density at radius 1 is 1.00 bits per heavy atom. The molecule has 1 amide bonds. The lowest BCUT2D eigenvalue weighted by molar-refractivity contribution is -0.137. The molecule has 1 unspecified atom stereocenters. The summed E-state index contributed by atoms with van der Waals surface area (Å²) in [7, 11) is 2.87. The molecule has 1 saturated heterocycles. The summed E-state index contributed by atoms with van der Waals surface area (Å²) in [4.78, 5) is 28.0. The van der Waals surface area contributed by atoms with Crippen LogP contribution in [0.5, 0.6) is 11.5 Å². The van der Waals surface area contributed by atoms with E-state index in [0.717, 1.165) is 34.7 Å². The number of carbonyl (C=O) groups is 2. The minimum absolute atomic E-state index is 0.101. The molecule has 6 nitrogen and oxygen atoms in total. The zero-order valence-corrected chi connectivity index (χ0v) is 19.7. The Hall–Kier alpha value is -3.79. The Kier molecular flexibility index (Phi) is 6.33. The number of ketones is 1. The van der Waals surface area contributed by atoms with Crippen molar-refractivity contribution in [2.24, 2.45) is 0 Å². The van der Waals surface area contributed by atoms with Crippen LogP contribution < -0.4 is 14.4 Å². The zero-order valence-electron chi connectivity index (χ0n) is 18.8. The SMILES string of the molecule is COc1ccc(/C(O)=C2/C(=O)C(=O)N(c3ccc(C(F)(F)F)cc3)C2c2sccc2C)cc1OC. The summed E-state index contributed by atoms with van der Waals surface area (Å²) in [6.45, 7) is 1.79. The molecule has 182 valence electrons. The number of amides is 1. The van der Waals surface area contributed by atoms with Crippen molar-refractivity contribution in [3.05, 3.63) is 81.1 Å². The molecule has 0 spiro atoms. The van der Waals surface area contributed by atoms with Gasteiger partial charge in [-0.25, -0.2) is 0 Å². The highest BCUT2D eigenvalue weighted by molar-refractivity contribution is 7.10. The topological polar surface area (TPSA) is 76.1 Å². The molecule has 1 N–H and O–H groups in total. The Morgan fingerprint density at radius 3 is 2.20 bits per heavy atom. The van der Waals surface area contributed by atoms with Crippen LogP contribution in [0.2, 0.25) is 0 Å². The third-order valence-electron chi connectivity index (χ3n) is 5.72. The molecular weight excluding hydrogens is 483 g/mol. The largest absolute Gasteiger partial charge is 0.507 e. The van der Waals surface area contributed by atoms with Crippen LogP contribution in [0, 0.1) is 6.92 Å². The number of alkyl halides is 3. The number of nitrogens with zero attached hydrogens (tertiary/aromatic N) is 1. The number of hydrogen-bond acceptors (Lipinski definition) is 6. The molecule has 0 radical (unpaired) electrons. The summed E-state index contributed by atoms with van der Waals surface area (Å²) in [5, 5.41) is 13.0. The zero-order chi connectivity index (χ0) is 25.5. The van der Waals surface area contributed by atoms with E-state index >= 15 is 0 Å². The summed E-state index contributed by atoms with van der Waals surface area (Å²) in [6.07, 6.45) is -4.55. The van der Waals surface area contributed by atoms with Crippen molar-refractivity contribution in [2.75, 3.05) is 19.1 Å². The number of anilines is 1. The number of methoxy groups -OCH3 is 2. The van der Waals surface area contributed by atoms with E-state index in [1.807, 2.05) is 0 Å². The first-order valence-corrected chi connectivity index (χ1v) is 11.2. The van der Waals surface area contributed by atoms with Crippen LogP contribution in [0.4, 0.5) is 18.9 Å². The standard InChI is InChI=1S/C25H20F3NO5S/c1-13-10-11-35-23(13)20-19(21(30)14-4-9-17(33-2)18(12-14)34-3)22(31)24(32)29(20)16-7-5-15(6-8-16)25(26,27)28/h4-12,20,30H,1-3H3/b21-19-. The predicted molar refractivity (Wildman–Crippen MR) is 125 cm³/mol. The molecule has 0 saturated carbocycles. The van der Waals surface area contributed by atoms with E-state index < -0.39 is 35.2 Å². The molecule has 2 aromatic carbocycles. The summed E-state index contributed by atoms with van der Waals surface area (Å²) < 4.78 is 49.7. The number of carbonyl (C=O) groups excluding carboxylic acids is 2. The first-order chi connectivity index (χ1) is 16.6. The van der Waals surface area contributed by atoms with Gasteiger partial charge in [-0.15, -0.1) is 11.3 Å². The maximum Gasteiger partial charge on any atom is 0.416 e. The molecular formula is C25H20F3NO5S. The molecule has 35 heavy (non-hydrogen) atoms. The summed E-state index contributed by atoms with van der Waals surface area (Å²) in [6, 6.07) is 9.27. The average molecular weight is 503 g/mol. The van der Waals surface area contributed by atoms with Gasteiger partial charge in [0.05, 0.1) is 25.4 Å². The molecule has 1 fully saturated rings. The second-order valence-corrected chi connectivity index (χ2v) is 8.70. The van der Waals surface area contributed by atoms with Crippen molar-refractivity contribution >= 4 is 34.5 Å². The van der Waals surface area contributed by atoms with E-state index in [2.05, 4.69) is 0 Å². The number of hydrogen-bond donors (Lipinski definition) is 1. The maximum absolute atomic E-state index is 13.2. The fraction of sp³-hybridized carbons (Fsp3) is 0.200. The lowest BCUT2D eigenvalue weighted by atomic mass is 9.98. The Labute approximate surface area is 202 Å². The predicted octanol–water partition coefficient (Wildman–Crippen LogP) is 5.72. The van der Waals surface area contributed by atoms with Crippen molar-refractivity contribution in [3.63, 3.8) is 0 Å². The van der Waals surface area contributed by atoms with Gasteiger partial charge in [-0.2, -0.15) is 13.2 Å². The second-order valence-electron chi connectivity index (χ2n) is 7.75. The van der Waals surface area contributed by atoms with Gasteiger partial charge in [0, 0.05) is 16.1 Å². The highest BCUT2D eigenvalue weighted by atomic mass is 32.1. The lowest BCUT2D eigenvalue weighted by Gasteiger charge is -2.25. The van der Waals surface area contributed by atoms with Crippen LogP contribution in [-0.4, -0.2) is 31.0 Å². The summed E-state index contributed by atoms with van der Waals surface area (Å²) >= 11 is 1.27. The van der Waals surface area contributed by atoms with Crippen LogP contribution in [0.25, 0.3) is 5.76 Å². The number of halogens is 3. The lowest BCUT2D eigenvalue weighted by Crippen LogP contribution is -2.29. The molecule has 4 rings (SSSR count). The number of Topliss-reactive ketones (excluding diaryl/α,β-unsaturated/α-hetero) is 1. The quantitative estimate of drug-likeness (QED) is 0.274. The van der Waals surface area contributed by atoms with Gasteiger partial charge in [0.2, 0.25) is 0 Å². The van der Waals surface area contributed by atoms with E-state index in [-0.39, 0.29) is 16.8 Å². The average Bonchev–Trinajstić information content (AvgIpc) is 3.37. The van der Waals surface area contributed by atoms with Gasteiger partial charge in [-0.1, -0.05) is 0 Å². The van der Waals surface area contributed by atoms with E-state index in [1.165, 1.54) is 37.7 Å². The van der Waals surface area contributed by atoms with Gasteiger partial charge in [0.15, 0.2) is 11.5 Å². The monoisotopic (exact) mass is 503 g/mol. The fourth-order valence-electron chi connectivity index (χ4n) is 3.96. The van der Waals surface area contributed by atoms with Crippen molar-refractivity contribution in [1.29, 1.82) is 0 Å². The van der Waals surface area contributed by atoms with Crippen LogP contribution in [0.3, 0.4) is 0 Å². The van der Waals surface area contributed by atoms with E-state index in [4.69, 9.17) is 9.47 Å². The number of ether oxygens (including phenoxy) is 2. The molecule has 0 bridgehead atoms. The third kappa shape index (κ3) is 4.25. The highest BCUT2D eigenvalue weighted by Crippen LogP contribution is 2.45. The second kappa shape index (κ2) is 9.10. The van der Waals surface area contributed by atoms with Crippen LogP contribution in [0.1, 0.15) is 27.6 Å². The fourth-order valence-corrected chi connectivity index (χ4v) is 4.99. The molecule has 1 aliphatic rings. The molecule has 0 aliphatic carbocycles. The normalized spacial score (nSPS) is 17.7. The van der Waals surface area contributed by atoms with Gasteiger partial charge in [0.25, 0.3) is 11.7 Å². The maximum atomic E-state index is 13.2. The van der Waals surface area contributed by atoms with Crippen molar-refractivity contribution in [3.8, 4) is 11.5 Å². The third-order valence-corrected chi connectivity index (χ3v) is 6.80. The summed E-state index contributed by atoms with van der Waals surface area (Å²) in [5.74, 6) is -1.63. The molecule has 10 heteroatoms. The van der Waals surface area contributed by atoms with Crippen LogP contribution >= 0.6 is 11.3 Å². The van der Waals surface area contributed by atoms with Crippen LogP contribution in [0.15, 0.2) is 59.5 Å². The smallest absolute Gasteiger partial charge is 0.416 e. The molecule has 3 aromatic rings.